The third kappa shape index (κ3) is 2.91. The number of thiazole rings is 1. The van der Waals surface area contributed by atoms with E-state index in [-0.39, 0.29) is 11.2 Å². The van der Waals surface area contributed by atoms with Gasteiger partial charge in [0.1, 0.15) is 5.82 Å². The van der Waals surface area contributed by atoms with Crippen LogP contribution in [0.3, 0.4) is 0 Å². The highest BCUT2D eigenvalue weighted by Gasteiger charge is 2.42. The highest BCUT2D eigenvalue weighted by atomic mass is 32.1. The van der Waals surface area contributed by atoms with Gasteiger partial charge in [-0.05, 0) is 57.3 Å². The zero-order valence-electron chi connectivity index (χ0n) is 16.0. The fourth-order valence-electron chi connectivity index (χ4n) is 5.06. The van der Waals surface area contributed by atoms with Gasteiger partial charge in [0.05, 0.1) is 10.7 Å². The van der Waals surface area contributed by atoms with Crippen molar-refractivity contribution in [2.75, 3.05) is 13.6 Å². The van der Waals surface area contributed by atoms with E-state index in [0.29, 0.717) is 17.9 Å². The third-order valence-corrected chi connectivity index (χ3v) is 8.04. The number of nitrogens with zero attached hydrogens (tertiary/aromatic N) is 2. The second-order valence-electron chi connectivity index (χ2n) is 8.32. The SMILES string of the molecule is C[C@@H]1[C@@H](C)C(c2nc(C3(c4ccccc4F)CCCC3)cs2)CCN1C. The minimum absolute atomic E-state index is 0.0785. The number of halogens is 1. The molecule has 1 saturated carbocycles. The molecule has 3 atom stereocenters. The molecule has 0 amide bonds. The molecule has 1 aromatic carbocycles. The van der Waals surface area contributed by atoms with Crippen LogP contribution in [0, 0.1) is 11.7 Å². The van der Waals surface area contributed by atoms with Crippen molar-refractivity contribution in [3.63, 3.8) is 0 Å². The summed E-state index contributed by atoms with van der Waals surface area (Å²) in [7, 11) is 2.22. The van der Waals surface area contributed by atoms with Gasteiger partial charge in [0.2, 0.25) is 0 Å². The van der Waals surface area contributed by atoms with Crippen molar-refractivity contribution >= 4 is 11.3 Å². The van der Waals surface area contributed by atoms with Gasteiger partial charge in [0.15, 0.2) is 0 Å². The summed E-state index contributed by atoms with van der Waals surface area (Å²) in [5.41, 5.74) is 1.73. The van der Waals surface area contributed by atoms with Gasteiger partial charge in [-0.15, -0.1) is 11.3 Å². The lowest BCUT2D eigenvalue weighted by atomic mass is 9.76. The monoisotopic (exact) mass is 372 g/mol. The molecule has 0 radical (unpaired) electrons. The molecule has 1 aliphatic carbocycles. The first-order chi connectivity index (χ1) is 12.5. The molecule has 4 rings (SSSR count). The largest absolute Gasteiger partial charge is 0.303 e. The lowest BCUT2D eigenvalue weighted by Crippen LogP contribution is -2.43. The molecule has 2 aliphatic rings. The van der Waals surface area contributed by atoms with Crippen molar-refractivity contribution in [2.45, 2.75) is 63.3 Å². The Hall–Kier alpha value is -1.26. The highest BCUT2D eigenvalue weighted by molar-refractivity contribution is 7.09. The highest BCUT2D eigenvalue weighted by Crippen LogP contribution is 2.48. The summed E-state index contributed by atoms with van der Waals surface area (Å²) in [6.45, 7) is 5.81. The van der Waals surface area contributed by atoms with E-state index in [2.05, 4.69) is 31.2 Å². The third-order valence-electron chi connectivity index (χ3n) is 7.06. The van der Waals surface area contributed by atoms with E-state index in [9.17, 15) is 4.39 Å². The second kappa shape index (κ2) is 7.05. The number of likely N-dealkylation sites (tertiary alicyclic amines) is 1. The van der Waals surface area contributed by atoms with Gasteiger partial charge >= 0.3 is 0 Å². The maximum atomic E-state index is 14.7. The maximum Gasteiger partial charge on any atom is 0.127 e. The van der Waals surface area contributed by atoms with Gasteiger partial charge in [0.25, 0.3) is 0 Å². The molecule has 2 fully saturated rings. The smallest absolute Gasteiger partial charge is 0.127 e. The molecule has 2 heterocycles. The Labute approximate surface area is 160 Å². The van der Waals surface area contributed by atoms with E-state index in [1.165, 1.54) is 11.4 Å². The van der Waals surface area contributed by atoms with Crippen molar-refractivity contribution < 1.29 is 4.39 Å². The predicted molar refractivity (Wildman–Crippen MR) is 106 cm³/mol. The summed E-state index contributed by atoms with van der Waals surface area (Å²) < 4.78 is 14.7. The van der Waals surface area contributed by atoms with E-state index in [1.807, 2.05) is 12.1 Å². The van der Waals surface area contributed by atoms with Gasteiger partial charge in [-0.3, -0.25) is 0 Å². The molecule has 26 heavy (non-hydrogen) atoms. The quantitative estimate of drug-likeness (QED) is 0.698. The molecule has 1 aromatic heterocycles. The zero-order valence-corrected chi connectivity index (χ0v) is 16.9. The second-order valence-corrected chi connectivity index (χ2v) is 9.21. The van der Waals surface area contributed by atoms with Gasteiger partial charge in [0, 0.05) is 22.8 Å². The van der Waals surface area contributed by atoms with Gasteiger partial charge in [-0.25, -0.2) is 9.37 Å². The Balaban J connectivity index is 1.69. The zero-order chi connectivity index (χ0) is 18.3. The molecular weight excluding hydrogens is 343 g/mol. The van der Waals surface area contributed by atoms with Crippen LogP contribution in [0.2, 0.25) is 0 Å². The number of piperidine rings is 1. The van der Waals surface area contributed by atoms with E-state index in [1.54, 1.807) is 23.5 Å². The van der Waals surface area contributed by atoms with Gasteiger partial charge < -0.3 is 4.90 Å². The van der Waals surface area contributed by atoms with Gasteiger partial charge in [-0.2, -0.15) is 0 Å². The number of aromatic nitrogens is 1. The Morgan fingerprint density at radius 1 is 1.19 bits per heavy atom. The van der Waals surface area contributed by atoms with E-state index in [0.717, 1.165) is 43.5 Å². The Morgan fingerprint density at radius 2 is 1.92 bits per heavy atom. The Bertz CT molecular complexity index is 765. The van der Waals surface area contributed by atoms with Crippen molar-refractivity contribution in [3.05, 3.63) is 51.7 Å². The van der Waals surface area contributed by atoms with Crippen LogP contribution in [-0.2, 0) is 5.41 Å². The van der Waals surface area contributed by atoms with Gasteiger partial charge in [-0.1, -0.05) is 38.0 Å². The van der Waals surface area contributed by atoms with E-state index >= 15 is 0 Å². The number of hydrogen-bond donors (Lipinski definition) is 0. The van der Waals surface area contributed by atoms with Crippen LogP contribution in [-0.4, -0.2) is 29.5 Å². The fourth-order valence-corrected chi connectivity index (χ4v) is 6.23. The molecular formula is C22H29FN2S. The van der Waals surface area contributed by atoms with Crippen molar-refractivity contribution in [3.8, 4) is 0 Å². The van der Waals surface area contributed by atoms with Crippen LogP contribution in [0.4, 0.5) is 4.39 Å². The topological polar surface area (TPSA) is 16.1 Å². The first kappa shape index (κ1) is 18.1. The maximum absolute atomic E-state index is 14.7. The summed E-state index contributed by atoms with van der Waals surface area (Å²) in [6, 6.07) is 7.90. The van der Waals surface area contributed by atoms with Crippen molar-refractivity contribution in [1.82, 2.24) is 9.88 Å². The molecule has 0 bridgehead atoms. The fraction of sp³-hybridized carbons (Fsp3) is 0.591. The number of hydrogen-bond acceptors (Lipinski definition) is 3. The molecule has 140 valence electrons. The first-order valence-electron chi connectivity index (χ1n) is 9.94. The minimum Gasteiger partial charge on any atom is -0.303 e. The molecule has 1 unspecified atom stereocenters. The molecule has 0 spiro atoms. The van der Waals surface area contributed by atoms with Crippen LogP contribution in [0.15, 0.2) is 29.6 Å². The predicted octanol–water partition coefficient (Wildman–Crippen LogP) is 5.59. The summed E-state index contributed by atoms with van der Waals surface area (Å²) in [5.74, 6) is 1.05. The van der Waals surface area contributed by atoms with Crippen LogP contribution in [0.25, 0.3) is 0 Å². The van der Waals surface area contributed by atoms with Crippen LogP contribution >= 0.6 is 11.3 Å². The summed E-state index contributed by atoms with van der Waals surface area (Å²) >= 11 is 1.80. The average molecular weight is 373 g/mol. The number of benzene rings is 1. The molecule has 0 N–H and O–H groups in total. The lowest BCUT2D eigenvalue weighted by Gasteiger charge is -2.40. The van der Waals surface area contributed by atoms with E-state index < -0.39 is 0 Å². The van der Waals surface area contributed by atoms with E-state index in [4.69, 9.17) is 4.98 Å². The number of rotatable bonds is 3. The Morgan fingerprint density at radius 3 is 2.65 bits per heavy atom. The molecule has 2 nitrogen and oxygen atoms in total. The first-order valence-corrected chi connectivity index (χ1v) is 10.8. The summed E-state index contributed by atoms with van der Waals surface area (Å²) in [6.07, 6.45) is 5.50. The molecule has 1 saturated heterocycles. The molecule has 4 heteroatoms. The van der Waals surface area contributed by atoms with Crippen LogP contribution in [0.5, 0.6) is 0 Å². The van der Waals surface area contributed by atoms with Crippen LogP contribution < -0.4 is 0 Å². The summed E-state index contributed by atoms with van der Waals surface area (Å²) in [4.78, 5) is 7.60. The minimum atomic E-state index is -0.222. The normalized spacial score (nSPS) is 29.2. The molecule has 1 aliphatic heterocycles. The standard InChI is InChI=1S/C22H29FN2S/c1-15-16(2)25(3)13-10-17(15)21-24-20(14-26-21)22(11-6-7-12-22)18-8-4-5-9-19(18)23/h4-5,8-9,14-17H,6-7,10-13H2,1-3H3/t15-,16-,17?/m1/s1. The average Bonchev–Trinajstić information content (AvgIpc) is 3.30. The van der Waals surface area contributed by atoms with Crippen molar-refractivity contribution in [1.29, 1.82) is 0 Å². The van der Waals surface area contributed by atoms with Crippen molar-refractivity contribution in [2.24, 2.45) is 5.92 Å². The molecule has 2 aromatic rings. The van der Waals surface area contributed by atoms with Crippen LogP contribution in [0.1, 0.15) is 68.1 Å². The summed E-state index contributed by atoms with van der Waals surface area (Å²) in [5, 5.41) is 3.48. The Kier molecular flexibility index (Phi) is 4.91. The lowest BCUT2D eigenvalue weighted by molar-refractivity contribution is 0.124.